The zero-order valence-corrected chi connectivity index (χ0v) is 21.7. The van der Waals surface area contributed by atoms with Gasteiger partial charge in [-0.1, -0.05) is 35.3 Å². The Morgan fingerprint density at radius 2 is 1.89 bits per heavy atom. The summed E-state index contributed by atoms with van der Waals surface area (Å²) in [7, 11) is 1.60. The lowest BCUT2D eigenvalue weighted by atomic mass is 9.80. The lowest BCUT2D eigenvalue weighted by Gasteiger charge is -2.34. The summed E-state index contributed by atoms with van der Waals surface area (Å²) < 4.78 is 0. The normalized spacial score (nSPS) is 21.7. The SMILES string of the molecule is CN1C(=O)N(c2cc(Cl)cc(Cl)c2)C(=O)C12CN(Cc1ncc(C(=O)O)s1)CC2c1ccc(C#N)cc1. The zero-order valence-electron chi connectivity index (χ0n) is 19.4. The molecule has 1 spiro atoms. The van der Waals surface area contributed by atoms with Gasteiger partial charge in [0.25, 0.3) is 5.91 Å². The Morgan fingerprint density at radius 1 is 1.22 bits per heavy atom. The first-order valence-electron chi connectivity index (χ1n) is 11.1. The molecule has 0 aliphatic carbocycles. The Labute approximate surface area is 226 Å². The summed E-state index contributed by atoms with van der Waals surface area (Å²) >= 11 is 13.4. The van der Waals surface area contributed by atoms with E-state index in [4.69, 9.17) is 23.2 Å². The monoisotopic (exact) mass is 555 g/mol. The van der Waals surface area contributed by atoms with Crippen molar-refractivity contribution in [2.45, 2.75) is 18.0 Å². The van der Waals surface area contributed by atoms with Gasteiger partial charge in [-0.05, 0) is 35.9 Å². The number of carboxylic acid groups (broad SMARTS) is 1. The second kappa shape index (κ2) is 9.43. The van der Waals surface area contributed by atoms with E-state index < -0.39 is 29.4 Å². The molecule has 5 rings (SSSR count). The Bertz CT molecular complexity index is 1450. The van der Waals surface area contributed by atoms with Crippen molar-refractivity contribution < 1.29 is 19.5 Å². The summed E-state index contributed by atoms with van der Waals surface area (Å²) in [6.07, 6.45) is 1.31. The molecule has 9 nitrogen and oxygen atoms in total. The van der Waals surface area contributed by atoms with Crippen molar-refractivity contribution >= 4 is 58.1 Å². The van der Waals surface area contributed by atoms with Gasteiger partial charge in [0.1, 0.15) is 15.4 Å². The molecule has 2 fully saturated rings. The van der Waals surface area contributed by atoms with Crippen LogP contribution in [0.5, 0.6) is 0 Å². The topological polar surface area (TPSA) is 118 Å². The highest BCUT2D eigenvalue weighted by molar-refractivity contribution is 7.13. The second-order valence-corrected chi connectivity index (χ2v) is 10.9. The highest BCUT2D eigenvalue weighted by atomic mass is 35.5. The third-order valence-corrected chi connectivity index (χ3v) is 8.21. The van der Waals surface area contributed by atoms with Gasteiger partial charge in [0, 0.05) is 36.1 Å². The van der Waals surface area contributed by atoms with Gasteiger partial charge in [0.2, 0.25) is 0 Å². The summed E-state index contributed by atoms with van der Waals surface area (Å²) in [5.74, 6) is -1.90. The van der Waals surface area contributed by atoms with E-state index in [9.17, 15) is 24.8 Å². The van der Waals surface area contributed by atoms with E-state index in [1.54, 1.807) is 31.3 Å². The minimum atomic E-state index is -1.26. The quantitative estimate of drug-likeness (QED) is 0.461. The van der Waals surface area contributed by atoms with Gasteiger partial charge in [-0.25, -0.2) is 19.5 Å². The maximum absolute atomic E-state index is 14.2. The fourth-order valence-electron chi connectivity index (χ4n) is 5.09. The number of carbonyl (C=O) groups excluding carboxylic acids is 2. The van der Waals surface area contributed by atoms with E-state index in [-0.39, 0.29) is 17.1 Å². The number of halogens is 2. The molecule has 2 aliphatic rings. The number of likely N-dealkylation sites (tertiary alicyclic amines) is 1. The molecule has 0 radical (unpaired) electrons. The summed E-state index contributed by atoms with van der Waals surface area (Å²) in [5, 5.41) is 19.7. The Morgan fingerprint density at radius 3 is 2.49 bits per heavy atom. The van der Waals surface area contributed by atoms with Crippen LogP contribution in [0.25, 0.3) is 0 Å². The van der Waals surface area contributed by atoms with Crippen molar-refractivity contribution in [2.75, 3.05) is 25.0 Å². The maximum atomic E-state index is 14.2. The number of benzene rings is 2. The van der Waals surface area contributed by atoms with Crippen LogP contribution in [0.2, 0.25) is 10.0 Å². The van der Waals surface area contributed by atoms with Crippen molar-refractivity contribution in [3.05, 3.63) is 79.7 Å². The second-order valence-electron chi connectivity index (χ2n) is 8.91. The van der Waals surface area contributed by atoms with Crippen LogP contribution < -0.4 is 4.90 Å². The average molecular weight is 556 g/mol. The minimum absolute atomic E-state index is 0.126. The number of carbonyl (C=O) groups is 3. The van der Waals surface area contributed by atoms with Crippen molar-refractivity contribution in [1.29, 1.82) is 5.26 Å². The van der Waals surface area contributed by atoms with Crippen LogP contribution in [0.15, 0.2) is 48.7 Å². The third-order valence-electron chi connectivity index (χ3n) is 6.80. The number of hydrogen-bond acceptors (Lipinski definition) is 7. The van der Waals surface area contributed by atoms with Gasteiger partial charge in [-0.3, -0.25) is 9.69 Å². The van der Waals surface area contributed by atoms with E-state index in [0.29, 0.717) is 33.7 Å². The summed E-state index contributed by atoms with van der Waals surface area (Å²) in [6, 6.07) is 13.1. The van der Waals surface area contributed by atoms with E-state index in [1.165, 1.54) is 29.3 Å². The molecule has 0 bridgehead atoms. The van der Waals surface area contributed by atoms with Gasteiger partial charge in [-0.15, -0.1) is 11.3 Å². The number of nitriles is 1. The molecule has 12 heteroatoms. The van der Waals surface area contributed by atoms with Crippen LogP contribution >= 0.6 is 34.5 Å². The predicted octanol–water partition coefficient (Wildman–Crippen LogP) is 4.46. The number of anilines is 1. The number of likely N-dealkylation sites (N-methyl/N-ethyl adjacent to an activating group) is 1. The lowest BCUT2D eigenvalue weighted by Crippen LogP contribution is -2.53. The molecule has 2 atom stereocenters. The van der Waals surface area contributed by atoms with Gasteiger partial charge in [-0.2, -0.15) is 5.26 Å². The first-order chi connectivity index (χ1) is 17.6. The molecule has 2 aromatic carbocycles. The molecular formula is C25H19Cl2N5O4S. The highest BCUT2D eigenvalue weighted by Crippen LogP contribution is 2.47. The Hall–Kier alpha value is -3.49. The zero-order chi connectivity index (χ0) is 26.5. The number of hydrogen-bond donors (Lipinski definition) is 1. The standard InChI is InChI=1S/C25H19Cl2N5O4S/c1-30-24(36)32(18-7-16(26)6-17(27)8-18)23(35)25(30)13-31(12-21-29-10-20(37-21)22(33)34)11-19(25)15-4-2-14(9-28)3-5-15/h2-8,10,19H,11-13H2,1H3,(H,33,34). The molecule has 188 valence electrons. The highest BCUT2D eigenvalue weighted by Gasteiger charge is 2.64. The average Bonchev–Trinajstić information content (AvgIpc) is 3.53. The van der Waals surface area contributed by atoms with Gasteiger partial charge < -0.3 is 10.0 Å². The van der Waals surface area contributed by atoms with E-state index >= 15 is 0 Å². The van der Waals surface area contributed by atoms with Crippen molar-refractivity contribution in [1.82, 2.24) is 14.8 Å². The number of imide groups is 1. The number of aromatic nitrogens is 1. The molecule has 0 saturated carbocycles. The Balaban J connectivity index is 1.56. The van der Waals surface area contributed by atoms with E-state index in [2.05, 4.69) is 11.1 Å². The van der Waals surface area contributed by atoms with Crippen LogP contribution in [0, 0.1) is 11.3 Å². The number of rotatable bonds is 5. The van der Waals surface area contributed by atoms with Gasteiger partial charge >= 0.3 is 12.0 Å². The Kier molecular flexibility index (Phi) is 6.41. The number of carboxylic acids is 1. The maximum Gasteiger partial charge on any atom is 0.347 e. The summed E-state index contributed by atoms with van der Waals surface area (Å²) in [5.41, 5.74) is 0.298. The molecule has 2 saturated heterocycles. The van der Waals surface area contributed by atoms with Crippen LogP contribution in [-0.2, 0) is 11.3 Å². The van der Waals surface area contributed by atoms with E-state index in [0.717, 1.165) is 21.8 Å². The van der Waals surface area contributed by atoms with Gasteiger partial charge in [0.05, 0.1) is 30.1 Å². The predicted molar refractivity (Wildman–Crippen MR) is 138 cm³/mol. The van der Waals surface area contributed by atoms with Crippen molar-refractivity contribution in [2.24, 2.45) is 0 Å². The fourth-order valence-corrected chi connectivity index (χ4v) is 6.40. The number of amides is 3. The molecule has 3 amide bonds. The van der Waals surface area contributed by atoms with Crippen LogP contribution in [0.1, 0.15) is 31.7 Å². The smallest absolute Gasteiger partial charge is 0.347 e. The molecule has 37 heavy (non-hydrogen) atoms. The summed E-state index contributed by atoms with van der Waals surface area (Å²) in [6.45, 7) is 0.914. The largest absolute Gasteiger partial charge is 0.477 e. The third kappa shape index (κ3) is 4.24. The van der Waals surface area contributed by atoms with Crippen molar-refractivity contribution in [3.8, 4) is 6.07 Å². The lowest BCUT2D eigenvalue weighted by molar-refractivity contribution is -0.124. The summed E-state index contributed by atoms with van der Waals surface area (Å²) in [4.78, 5) is 47.9. The molecule has 1 aromatic heterocycles. The first kappa shape index (κ1) is 25.2. The number of thiazole rings is 1. The minimum Gasteiger partial charge on any atom is -0.477 e. The molecule has 1 N–H and O–H groups in total. The number of nitrogens with zero attached hydrogens (tertiary/aromatic N) is 5. The molecule has 2 aliphatic heterocycles. The first-order valence-corrected chi connectivity index (χ1v) is 12.7. The molecular weight excluding hydrogens is 537 g/mol. The molecule has 3 aromatic rings. The molecule has 2 unspecified atom stereocenters. The fraction of sp³-hybridized carbons (Fsp3) is 0.240. The van der Waals surface area contributed by atoms with Crippen LogP contribution in [0.3, 0.4) is 0 Å². The number of aromatic carboxylic acids is 1. The number of urea groups is 1. The van der Waals surface area contributed by atoms with Crippen LogP contribution in [-0.4, -0.2) is 63.5 Å². The van der Waals surface area contributed by atoms with Gasteiger partial charge in [0.15, 0.2) is 0 Å². The van der Waals surface area contributed by atoms with Crippen molar-refractivity contribution in [3.63, 3.8) is 0 Å². The molecule has 3 heterocycles. The van der Waals surface area contributed by atoms with Crippen LogP contribution in [0.4, 0.5) is 10.5 Å². The van der Waals surface area contributed by atoms with E-state index in [1.807, 2.05) is 4.90 Å².